The molecule has 1 unspecified atom stereocenters. The topological polar surface area (TPSA) is 38.2 Å². The number of hydrogen-bond donors (Lipinski definition) is 1. The van der Waals surface area contributed by atoms with Crippen LogP contribution in [0.1, 0.15) is 0 Å². The summed E-state index contributed by atoms with van der Waals surface area (Å²) in [5.41, 5.74) is 0. The maximum absolute atomic E-state index is 2.63. The van der Waals surface area contributed by atoms with Crippen molar-refractivity contribution in [1.82, 2.24) is 11.1 Å². The van der Waals surface area contributed by atoms with Crippen molar-refractivity contribution in [3.05, 3.63) is 30.3 Å². The Bertz CT molecular complexity index is 172. The molecule has 0 saturated heterocycles. The highest BCUT2D eigenvalue weighted by molar-refractivity contribution is 7.27. The first-order valence-corrected chi connectivity index (χ1v) is 4.12. The van der Waals surface area contributed by atoms with E-state index in [1.165, 1.54) is 5.30 Å². The van der Waals surface area contributed by atoms with E-state index < -0.39 is 0 Å². The second-order valence-corrected chi connectivity index (χ2v) is 3.42. The standard InChI is InChI=1S/C6H7P.C3H9N.H3N/c7-6-4-2-1-3-5-6;1-4(2)3;/h1-5H,7H2;1-3H3;1H3. The molecule has 3 heteroatoms. The highest BCUT2D eigenvalue weighted by Gasteiger charge is 1.72. The smallest absolute Gasteiger partial charge is 0.0140 e. The van der Waals surface area contributed by atoms with E-state index in [0.29, 0.717) is 0 Å². The Kier molecular flexibility index (Phi) is 10.2. The number of nitrogens with zero attached hydrogens (tertiary/aromatic N) is 1. The van der Waals surface area contributed by atoms with Crippen LogP contribution in [0.15, 0.2) is 30.3 Å². The Morgan fingerprint density at radius 3 is 1.50 bits per heavy atom. The van der Waals surface area contributed by atoms with Gasteiger partial charge in [-0.25, -0.2) is 0 Å². The number of hydrogen-bond acceptors (Lipinski definition) is 2. The van der Waals surface area contributed by atoms with Crippen molar-refractivity contribution >= 4 is 14.5 Å². The van der Waals surface area contributed by atoms with Crippen molar-refractivity contribution in [3.63, 3.8) is 0 Å². The largest absolute Gasteiger partial charge is 0.344 e. The van der Waals surface area contributed by atoms with Gasteiger partial charge in [0.25, 0.3) is 0 Å². The summed E-state index contributed by atoms with van der Waals surface area (Å²) in [5.74, 6) is 0. The van der Waals surface area contributed by atoms with E-state index in [1.807, 2.05) is 56.4 Å². The molecule has 70 valence electrons. The minimum atomic E-state index is 0. The third-order valence-corrected chi connectivity index (χ3v) is 1.18. The molecule has 0 aliphatic rings. The lowest BCUT2D eigenvalue weighted by atomic mass is 10.4. The zero-order valence-electron chi connectivity index (χ0n) is 8.12. The van der Waals surface area contributed by atoms with Crippen molar-refractivity contribution < 1.29 is 0 Å². The molecule has 0 fully saturated rings. The van der Waals surface area contributed by atoms with Crippen LogP contribution in [-0.2, 0) is 0 Å². The summed E-state index contributed by atoms with van der Waals surface area (Å²) in [6, 6.07) is 10.1. The predicted octanol–water partition coefficient (Wildman–Crippen LogP) is 1.53. The quantitative estimate of drug-likeness (QED) is 0.624. The molecule has 3 N–H and O–H groups in total. The molecule has 1 rings (SSSR count). The van der Waals surface area contributed by atoms with E-state index >= 15 is 0 Å². The SMILES string of the molecule is CN(C)C.N.Pc1ccccc1. The van der Waals surface area contributed by atoms with Gasteiger partial charge in [-0.3, -0.25) is 0 Å². The first kappa shape index (κ1) is 14.1. The van der Waals surface area contributed by atoms with Crippen LogP contribution in [0, 0.1) is 0 Å². The molecular formula is C9H19N2P. The van der Waals surface area contributed by atoms with Gasteiger partial charge in [0.15, 0.2) is 0 Å². The van der Waals surface area contributed by atoms with Crippen molar-refractivity contribution in [2.75, 3.05) is 21.1 Å². The summed E-state index contributed by atoms with van der Waals surface area (Å²) >= 11 is 0. The summed E-state index contributed by atoms with van der Waals surface area (Å²) in [7, 11) is 8.63. The third kappa shape index (κ3) is 12.3. The van der Waals surface area contributed by atoms with Crippen LogP contribution >= 0.6 is 9.24 Å². The first-order chi connectivity index (χ1) is 5.13. The average molecular weight is 186 g/mol. The summed E-state index contributed by atoms with van der Waals surface area (Å²) in [4.78, 5) is 2.00. The highest BCUT2D eigenvalue weighted by Crippen LogP contribution is 1.86. The molecule has 2 nitrogen and oxygen atoms in total. The van der Waals surface area contributed by atoms with Crippen LogP contribution in [0.5, 0.6) is 0 Å². The highest BCUT2D eigenvalue weighted by atomic mass is 31.0. The van der Waals surface area contributed by atoms with E-state index in [2.05, 4.69) is 9.24 Å². The van der Waals surface area contributed by atoms with Crippen LogP contribution in [0.2, 0.25) is 0 Å². The normalized spacial score (nSPS) is 8.08. The maximum Gasteiger partial charge on any atom is -0.0140 e. The van der Waals surface area contributed by atoms with Gasteiger partial charge >= 0.3 is 0 Å². The summed E-state index contributed by atoms with van der Waals surface area (Å²) in [6.07, 6.45) is 0. The van der Waals surface area contributed by atoms with Gasteiger partial charge in [0.2, 0.25) is 0 Å². The Hall–Kier alpha value is -0.430. The molecule has 0 spiro atoms. The summed E-state index contributed by atoms with van der Waals surface area (Å²) in [6.45, 7) is 0. The minimum absolute atomic E-state index is 0. The Morgan fingerprint density at radius 1 is 1.00 bits per heavy atom. The molecular weight excluding hydrogens is 167 g/mol. The second-order valence-electron chi connectivity index (χ2n) is 2.75. The second kappa shape index (κ2) is 8.66. The molecule has 1 aromatic carbocycles. The van der Waals surface area contributed by atoms with Gasteiger partial charge in [-0.2, -0.15) is 0 Å². The lowest BCUT2D eigenvalue weighted by Gasteiger charge is -1.90. The van der Waals surface area contributed by atoms with Crippen molar-refractivity contribution in [3.8, 4) is 0 Å². The van der Waals surface area contributed by atoms with E-state index in [4.69, 9.17) is 0 Å². The third-order valence-electron chi connectivity index (χ3n) is 0.800. The Morgan fingerprint density at radius 2 is 1.33 bits per heavy atom. The van der Waals surface area contributed by atoms with E-state index in [1.54, 1.807) is 0 Å². The van der Waals surface area contributed by atoms with Crippen LogP contribution in [0.25, 0.3) is 0 Å². The average Bonchev–Trinajstić information content (AvgIpc) is 1.87. The van der Waals surface area contributed by atoms with Gasteiger partial charge in [0.05, 0.1) is 0 Å². The molecule has 12 heavy (non-hydrogen) atoms. The molecule has 0 aliphatic heterocycles. The number of rotatable bonds is 0. The lowest BCUT2D eigenvalue weighted by molar-refractivity contribution is 0.505. The Balaban J connectivity index is 0. The van der Waals surface area contributed by atoms with Crippen molar-refractivity contribution in [2.45, 2.75) is 0 Å². The Labute approximate surface area is 77.8 Å². The molecule has 0 amide bonds. The van der Waals surface area contributed by atoms with Gasteiger partial charge in [-0.1, -0.05) is 30.3 Å². The number of benzene rings is 1. The molecule has 0 saturated carbocycles. The molecule has 0 aliphatic carbocycles. The molecule has 1 atom stereocenters. The fraction of sp³-hybridized carbons (Fsp3) is 0.333. The van der Waals surface area contributed by atoms with Gasteiger partial charge in [0.1, 0.15) is 0 Å². The van der Waals surface area contributed by atoms with Gasteiger partial charge < -0.3 is 11.1 Å². The monoisotopic (exact) mass is 186 g/mol. The zero-order chi connectivity index (χ0) is 8.69. The summed E-state index contributed by atoms with van der Waals surface area (Å²) in [5, 5.41) is 1.24. The van der Waals surface area contributed by atoms with Crippen molar-refractivity contribution in [1.29, 1.82) is 0 Å². The zero-order valence-corrected chi connectivity index (χ0v) is 9.27. The van der Waals surface area contributed by atoms with Gasteiger partial charge in [-0.05, 0) is 26.4 Å². The van der Waals surface area contributed by atoms with Gasteiger partial charge in [0, 0.05) is 0 Å². The first-order valence-electron chi connectivity index (χ1n) is 3.54. The van der Waals surface area contributed by atoms with Crippen LogP contribution < -0.4 is 11.5 Å². The predicted molar refractivity (Wildman–Crippen MR) is 60.4 cm³/mol. The maximum atomic E-state index is 2.63. The summed E-state index contributed by atoms with van der Waals surface area (Å²) < 4.78 is 0. The van der Waals surface area contributed by atoms with Crippen molar-refractivity contribution in [2.24, 2.45) is 0 Å². The van der Waals surface area contributed by atoms with Crippen LogP contribution in [-0.4, -0.2) is 26.0 Å². The molecule has 0 radical (unpaired) electrons. The van der Waals surface area contributed by atoms with Crippen LogP contribution in [0.3, 0.4) is 0 Å². The van der Waals surface area contributed by atoms with Crippen LogP contribution in [0.4, 0.5) is 0 Å². The molecule has 0 bridgehead atoms. The van der Waals surface area contributed by atoms with Gasteiger partial charge in [-0.15, -0.1) is 9.24 Å². The molecule has 1 aromatic rings. The van der Waals surface area contributed by atoms with E-state index in [0.717, 1.165) is 0 Å². The molecule has 0 aromatic heterocycles. The van der Waals surface area contributed by atoms with E-state index in [9.17, 15) is 0 Å². The van der Waals surface area contributed by atoms with E-state index in [-0.39, 0.29) is 6.15 Å². The fourth-order valence-corrected chi connectivity index (χ4v) is 0.675. The molecule has 0 heterocycles. The minimum Gasteiger partial charge on any atom is -0.344 e. The fourth-order valence-electron chi connectivity index (χ4n) is 0.453. The lowest BCUT2D eigenvalue weighted by Crippen LogP contribution is -1.99.